The highest BCUT2D eigenvalue weighted by atomic mass is 35.5. The van der Waals surface area contributed by atoms with E-state index in [1.165, 1.54) is 38.6 Å². The molecule has 0 aromatic carbocycles. The topological polar surface area (TPSA) is 16.1 Å². The highest BCUT2D eigenvalue weighted by Crippen LogP contribution is 2.24. The van der Waals surface area contributed by atoms with Gasteiger partial charge < -0.3 is 4.90 Å². The Labute approximate surface area is 109 Å². The first-order valence-corrected chi connectivity index (χ1v) is 6.91. The van der Waals surface area contributed by atoms with Gasteiger partial charge in [-0.25, -0.2) is 0 Å². The molecule has 3 heteroatoms. The summed E-state index contributed by atoms with van der Waals surface area (Å²) in [6.07, 6.45) is 8.82. The summed E-state index contributed by atoms with van der Waals surface area (Å²) < 4.78 is 0. The molecule has 0 radical (unpaired) electrons. The number of aromatic nitrogens is 1. The van der Waals surface area contributed by atoms with Crippen molar-refractivity contribution in [2.75, 3.05) is 13.6 Å². The second-order valence-corrected chi connectivity index (χ2v) is 5.60. The Balaban J connectivity index is 1.82. The van der Waals surface area contributed by atoms with Crippen molar-refractivity contribution in [2.24, 2.45) is 5.92 Å². The Morgan fingerprint density at radius 1 is 1.35 bits per heavy atom. The van der Waals surface area contributed by atoms with Crippen LogP contribution in [0.3, 0.4) is 0 Å². The van der Waals surface area contributed by atoms with Gasteiger partial charge in [0.15, 0.2) is 0 Å². The van der Waals surface area contributed by atoms with E-state index >= 15 is 0 Å². The Kier molecular flexibility index (Phi) is 4.81. The van der Waals surface area contributed by atoms with Crippen LogP contribution in [-0.4, -0.2) is 23.5 Å². The summed E-state index contributed by atoms with van der Waals surface area (Å²) >= 11 is 5.96. The third-order valence-corrected chi connectivity index (χ3v) is 3.74. The maximum Gasteiger partial charge on any atom is 0.0558 e. The minimum atomic E-state index is 0.779. The molecule has 2 rings (SSSR count). The minimum absolute atomic E-state index is 0.779. The van der Waals surface area contributed by atoms with Crippen LogP contribution in [0.15, 0.2) is 18.3 Å². The molecule has 1 saturated carbocycles. The Bertz CT molecular complexity index is 348. The van der Waals surface area contributed by atoms with Crippen molar-refractivity contribution in [3.05, 3.63) is 29.0 Å². The first-order valence-electron chi connectivity index (χ1n) is 6.53. The van der Waals surface area contributed by atoms with Gasteiger partial charge in [-0.15, -0.1) is 0 Å². The smallest absolute Gasteiger partial charge is 0.0558 e. The van der Waals surface area contributed by atoms with E-state index in [9.17, 15) is 0 Å². The Morgan fingerprint density at radius 2 is 2.12 bits per heavy atom. The molecule has 0 amide bonds. The maximum absolute atomic E-state index is 5.96. The van der Waals surface area contributed by atoms with Crippen LogP contribution < -0.4 is 0 Å². The summed E-state index contributed by atoms with van der Waals surface area (Å²) in [5, 5.41) is 0.779. The first-order chi connectivity index (χ1) is 8.24. The zero-order chi connectivity index (χ0) is 12.1. The van der Waals surface area contributed by atoms with Crippen LogP contribution in [0, 0.1) is 5.92 Å². The summed E-state index contributed by atoms with van der Waals surface area (Å²) in [6.45, 7) is 2.09. The monoisotopic (exact) mass is 252 g/mol. The second-order valence-electron chi connectivity index (χ2n) is 5.17. The van der Waals surface area contributed by atoms with Crippen LogP contribution >= 0.6 is 11.6 Å². The van der Waals surface area contributed by atoms with Gasteiger partial charge in [0.2, 0.25) is 0 Å². The van der Waals surface area contributed by atoms with Gasteiger partial charge >= 0.3 is 0 Å². The lowest BCUT2D eigenvalue weighted by Crippen LogP contribution is -2.27. The lowest BCUT2D eigenvalue weighted by atomic mass is 9.89. The fraction of sp³-hybridized carbons (Fsp3) is 0.643. The third kappa shape index (κ3) is 4.29. The van der Waals surface area contributed by atoms with Crippen molar-refractivity contribution in [1.29, 1.82) is 0 Å². The highest BCUT2D eigenvalue weighted by Gasteiger charge is 2.15. The molecular formula is C14H21ClN2. The van der Waals surface area contributed by atoms with Gasteiger partial charge in [0.1, 0.15) is 0 Å². The first kappa shape index (κ1) is 12.8. The molecule has 17 heavy (non-hydrogen) atoms. The number of hydrogen-bond acceptors (Lipinski definition) is 2. The molecule has 2 nitrogen and oxygen atoms in total. The van der Waals surface area contributed by atoms with E-state index in [4.69, 9.17) is 11.6 Å². The molecule has 1 aromatic heterocycles. The molecule has 1 heterocycles. The molecule has 0 atom stereocenters. The summed E-state index contributed by atoms with van der Waals surface area (Å²) in [6, 6.07) is 3.78. The molecule has 0 spiro atoms. The van der Waals surface area contributed by atoms with Crippen molar-refractivity contribution < 1.29 is 0 Å². The predicted molar refractivity (Wildman–Crippen MR) is 72.2 cm³/mol. The van der Waals surface area contributed by atoms with Crippen molar-refractivity contribution >= 4 is 11.6 Å². The lowest BCUT2D eigenvalue weighted by Gasteiger charge is -2.26. The van der Waals surface area contributed by atoms with E-state index in [0.717, 1.165) is 23.2 Å². The summed E-state index contributed by atoms with van der Waals surface area (Å²) in [5.41, 5.74) is 1.07. The molecule has 0 saturated heterocycles. The van der Waals surface area contributed by atoms with Crippen molar-refractivity contribution in [3.63, 3.8) is 0 Å². The molecule has 1 fully saturated rings. The zero-order valence-electron chi connectivity index (χ0n) is 10.5. The van der Waals surface area contributed by atoms with Gasteiger partial charge in [0.25, 0.3) is 0 Å². The maximum atomic E-state index is 5.96. The van der Waals surface area contributed by atoms with Crippen LogP contribution in [0.5, 0.6) is 0 Å². The van der Waals surface area contributed by atoms with Gasteiger partial charge in [-0.3, -0.25) is 4.98 Å². The molecule has 1 aliphatic carbocycles. The molecule has 1 aliphatic rings. The van der Waals surface area contributed by atoms with Gasteiger partial charge in [0, 0.05) is 24.3 Å². The normalized spacial score (nSPS) is 17.6. The number of pyridine rings is 1. The van der Waals surface area contributed by atoms with Crippen LogP contribution in [0.1, 0.15) is 37.8 Å². The molecule has 0 bridgehead atoms. The Hall–Kier alpha value is -0.600. The standard InChI is InChI=1S/C14H21ClN2/c1-17(10-12-5-3-2-4-6-12)11-14-9-13(15)7-8-16-14/h7-9,12H,2-6,10-11H2,1H3. The average Bonchev–Trinajstić information content (AvgIpc) is 2.30. The van der Waals surface area contributed by atoms with E-state index in [1.807, 2.05) is 12.1 Å². The number of rotatable bonds is 4. The van der Waals surface area contributed by atoms with Gasteiger partial charge in [-0.05, 0) is 37.9 Å². The Morgan fingerprint density at radius 3 is 2.82 bits per heavy atom. The fourth-order valence-electron chi connectivity index (χ4n) is 2.69. The van der Waals surface area contributed by atoms with E-state index in [0.29, 0.717) is 0 Å². The fourth-order valence-corrected chi connectivity index (χ4v) is 2.87. The van der Waals surface area contributed by atoms with E-state index in [2.05, 4.69) is 16.9 Å². The largest absolute Gasteiger partial charge is 0.300 e. The van der Waals surface area contributed by atoms with E-state index in [-0.39, 0.29) is 0 Å². The van der Waals surface area contributed by atoms with Crippen molar-refractivity contribution in [1.82, 2.24) is 9.88 Å². The van der Waals surface area contributed by atoms with Crippen LogP contribution in [0.2, 0.25) is 5.02 Å². The third-order valence-electron chi connectivity index (χ3n) is 3.51. The van der Waals surface area contributed by atoms with Crippen LogP contribution in [0.4, 0.5) is 0 Å². The highest BCUT2D eigenvalue weighted by molar-refractivity contribution is 6.30. The lowest BCUT2D eigenvalue weighted by molar-refractivity contribution is 0.226. The van der Waals surface area contributed by atoms with E-state index < -0.39 is 0 Å². The number of nitrogens with zero attached hydrogens (tertiary/aromatic N) is 2. The zero-order valence-corrected chi connectivity index (χ0v) is 11.3. The average molecular weight is 253 g/mol. The number of hydrogen-bond donors (Lipinski definition) is 0. The van der Waals surface area contributed by atoms with Crippen LogP contribution in [0.25, 0.3) is 0 Å². The van der Waals surface area contributed by atoms with Crippen molar-refractivity contribution in [2.45, 2.75) is 38.6 Å². The molecule has 1 aromatic rings. The minimum Gasteiger partial charge on any atom is -0.300 e. The van der Waals surface area contributed by atoms with Gasteiger partial charge in [-0.2, -0.15) is 0 Å². The molecule has 0 N–H and O–H groups in total. The molecule has 0 unspecified atom stereocenters. The van der Waals surface area contributed by atoms with Gasteiger partial charge in [-0.1, -0.05) is 30.9 Å². The number of halogens is 1. The second kappa shape index (κ2) is 6.36. The summed E-state index contributed by atoms with van der Waals surface area (Å²) in [4.78, 5) is 6.72. The summed E-state index contributed by atoms with van der Waals surface area (Å²) in [7, 11) is 2.18. The van der Waals surface area contributed by atoms with Gasteiger partial charge in [0.05, 0.1) is 5.69 Å². The summed E-state index contributed by atoms with van der Waals surface area (Å²) in [5.74, 6) is 0.882. The van der Waals surface area contributed by atoms with Crippen molar-refractivity contribution in [3.8, 4) is 0 Å². The molecular weight excluding hydrogens is 232 g/mol. The SMILES string of the molecule is CN(Cc1cc(Cl)ccn1)CC1CCCCC1. The van der Waals surface area contributed by atoms with E-state index in [1.54, 1.807) is 6.20 Å². The molecule has 94 valence electrons. The predicted octanol–water partition coefficient (Wildman–Crippen LogP) is 3.75. The molecule has 0 aliphatic heterocycles. The van der Waals surface area contributed by atoms with Crippen LogP contribution in [-0.2, 0) is 6.54 Å². The quantitative estimate of drug-likeness (QED) is 0.812.